The van der Waals surface area contributed by atoms with Crippen LogP contribution in [0, 0.1) is 5.82 Å². The number of carbonyl (C=O) groups excluding carboxylic acids is 1. The van der Waals surface area contributed by atoms with Crippen LogP contribution in [0.3, 0.4) is 0 Å². The standard InChI is InChI=1S/C12H16FNO/c1-3-4-9-12(15)14(2)11-8-6-5-7-10(11)13/h5-8H,3-4,9H2,1-2H3. The molecular formula is C12H16FNO. The van der Waals surface area contributed by atoms with Gasteiger partial charge in [-0.05, 0) is 18.6 Å². The van der Waals surface area contributed by atoms with E-state index in [-0.39, 0.29) is 11.7 Å². The summed E-state index contributed by atoms with van der Waals surface area (Å²) in [4.78, 5) is 13.0. The highest BCUT2D eigenvalue weighted by Crippen LogP contribution is 2.18. The van der Waals surface area contributed by atoms with E-state index in [1.807, 2.05) is 6.92 Å². The van der Waals surface area contributed by atoms with Crippen LogP contribution in [0.25, 0.3) is 0 Å². The van der Waals surface area contributed by atoms with E-state index in [0.717, 1.165) is 12.8 Å². The Bertz CT molecular complexity index is 338. The molecule has 1 aromatic carbocycles. The smallest absolute Gasteiger partial charge is 0.226 e. The normalized spacial score (nSPS) is 10.1. The Labute approximate surface area is 89.7 Å². The number of hydrogen-bond acceptors (Lipinski definition) is 1. The first-order valence-electron chi connectivity index (χ1n) is 5.18. The molecule has 0 spiro atoms. The summed E-state index contributed by atoms with van der Waals surface area (Å²) in [6.45, 7) is 2.02. The zero-order chi connectivity index (χ0) is 11.3. The lowest BCUT2D eigenvalue weighted by atomic mass is 10.2. The average molecular weight is 209 g/mol. The second kappa shape index (κ2) is 5.49. The van der Waals surface area contributed by atoms with Crippen molar-refractivity contribution in [2.45, 2.75) is 26.2 Å². The number of benzene rings is 1. The van der Waals surface area contributed by atoms with Crippen molar-refractivity contribution in [2.75, 3.05) is 11.9 Å². The van der Waals surface area contributed by atoms with Crippen molar-refractivity contribution >= 4 is 11.6 Å². The number of nitrogens with zero attached hydrogens (tertiary/aromatic N) is 1. The molecule has 82 valence electrons. The zero-order valence-corrected chi connectivity index (χ0v) is 9.16. The van der Waals surface area contributed by atoms with Crippen molar-refractivity contribution < 1.29 is 9.18 Å². The maximum Gasteiger partial charge on any atom is 0.226 e. The molecule has 0 aliphatic heterocycles. The van der Waals surface area contributed by atoms with E-state index < -0.39 is 0 Å². The highest BCUT2D eigenvalue weighted by atomic mass is 19.1. The number of amides is 1. The van der Waals surface area contributed by atoms with E-state index in [1.165, 1.54) is 11.0 Å². The van der Waals surface area contributed by atoms with Gasteiger partial charge in [-0.2, -0.15) is 0 Å². The van der Waals surface area contributed by atoms with E-state index in [2.05, 4.69) is 0 Å². The predicted molar refractivity (Wildman–Crippen MR) is 59.3 cm³/mol. The SMILES string of the molecule is CCCCC(=O)N(C)c1ccccc1F. The molecule has 0 aliphatic rings. The highest BCUT2D eigenvalue weighted by molar-refractivity contribution is 5.92. The summed E-state index contributed by atoms with van der Waals surface area (Å²) in [5, 5.41) is 0. The molecule has 1 aromatic rings. The van der Waals surface area contributed by atoms with E-state index in [0.29, 0.717) is 12.1 Å². The lowest BCUT2D eigenvalue weighted by molar-refractivity contribution is -0.118. The first kappa shape index (κ1) is 11.7. The Kier molecular flexibility index (Phi) is 4.28. The van der Waals surface area contributed by atoms with Crippen molar-refractivity contribution in [3.63, 3.8) is 0 Å². The van der Waals surface area contributed by atoms with Gasteiger partial charge in [-0.25, -0.2) is 4.39 Å². The molecule has 0 fully saturated rings. The van der Waals surface area contributed by atoms with E-state index in [1.54, 1.807) is 25.2 Å². The third-order valence-electron chi connectivity index (χ3n) is 2.33. The predicted octanol–water partition coefficient (Wildman–Crippen LogP) is 2.98. The molecular weight excluding hydrogens is 193 g/mol. The number of carbonyl (C=O) groups is 1. The van der Waals surface area contributed by atoms with Crippen molar-refractivity contribution in [1.82, 2.24) is 0 Å². The fourth-order valence-electron chi connectivity index (χ4n) is 1.35. The van der Waals surface area contributed by atoms with Gasteiger partial charge in [0.25, 0.3) is 0 Å². The molecule has 0 aromatic heterocycles. The lowest BCUT2D eigenvalue weighted by Gasteiger charge is -2.17. The summed E-state index contributed by atoms with van der Waals surface area (Å²) in [5.74, 6) is -0.396. The summed E-state index contributed by atoms with van der Waals surface area (Å²) in [5.41, 5.74) is 0.346. The van der Waals surface area contributed by atoms with Gasteiger partial charge in [-0.1, -0.05) is 25.5 Å². The minimum atomic E-state index is -0.357. The number of hydrogen-bond donors (Lipinski definition) is 0. The van der Waals surface area contributed by atoms with Gasteiger partial charge in [0.15, 0.2) is 0 Å². The molecule has 0 bridgehead atoms. The Morgan fingerprint density at radius 1 is 1.40 bits per heavy atom. The maximum absolute atomic E-state index is 13.3. The molecule has 0 aliphatic carbocycles. The maximum atomic E-state index is 13.3. The lowest BCUT2D eigenvalue weighted by Crippen LogP contribution is -2.26. The quantitative estimate of drug-likeness (QED) is 0.746. The summed E-state index contributed by atoms with van der Waals surface area (Å²) < 4.78 is 13.3. The highest BCUT2D eigenvalue weighted by Gasteiger charge is 2.13. The number of anilines is 1. The summed E-state index contributed by atoms with van der Waals surface area (Å²) >= 11 is 0. The van der Waals surface area contributed by atoms with Crippen LogP contribution in [0.15, 0.2) is 24.3 Å². The molecule has 1 rings (SSSR count). The molecule has 0 heterocycles. The van der Waals surface area contributed by atoms with Gasteiger partial charge < -0.3 is 4.90 Å². The topological polar surface area (TPSA) is 20.3 Å². The third-order valence-corrected chi connectivity index (χ3v) is 2.33. The molecule has 3 heteroatoms. The average Bonchev–Trinajstić information content (AvgIpc) is 2.25. The molecule has 0 radical (unpaired) electrons. The fourth-order valence-corrected chi connectivity index (χ4v) is 1.35. The van der Waals surface area contributed by atoms with Gasteiger partial charge >= 0.3 is 0 Å². The van der Waals surface area contributed by atoms with Crippen LogP contribution in [0.5, 0.6) is 0 Å². The van der Waals surface area contributed by atoms with Crippen molar-refractivity contribution in [2.24, 2.45) is 0 Å². The molecule has 0 N–H and O–H groups in total. The van der Waals surface area contributed by atoms with Crippen LogP contribution < -0.4 is 4.90 Å². The second-order valence-corrected chi connectivity index (χ2v) is 3.51. The molecule has 0 unspecified atom stereocenters. The second-order valence-electron chi connectivity index (χ2n) is 3.51. The van der Waals surface area contributed by atoms with Crippen LogP contribution in [0.2, 0.25) is 0 Å². The van der Waals surface area contributed by atoms with Crippen LogP contribution in [-0.2, 0) is 4.79 Å². The van der Waals surface area contributed by atoms with Crippen molar-refractivity contribution in [3.05, 3.63) is 30.1 Å². The Balaban J connectivity index is 2.72. The molecule has 0 atom stereocenters. The van der Waals surface area contributed by atoms with E-state index >= 15 is 0 Å². The minimum absolute atomic E-state index is 0.0399. The summed E-state index contributed by atoms with van der Waals surface area (Å²) in [6.07, 6.45) is 2.29. The Hall–Kier alpha value is -1.38. The van der Waals surface area contributed by atoms with Gasteiger partial charge in [0, 0.05) is 13.5 Å². The van der Waals surface area contributed by atoms with E-state index in [9.17, 15) is 9.18 Å². The Morgan fingerprint density at radius 3 is 2.67 bits per heavy atom. The van der Waals surface area contributed by atoms with Gasteiger partial charge in [0.2, 0.25) is 5.91 Å². The van der Waals surface area contributed by atoms with Crippen LogP contribution in [0.4, 0.5) is 10.1 Å². The monoisotopic (exact) mass is 209 g/mol. The molecule has 1 amide bonds. The Morgan fingerprint density at radius 2 is 2.07 bits per heavy atom. The zero-order valence-electron chi connectivity index (χ0n) is 9.16. The van der Waals surface area contributed by atoms with E-state index in [4.69, 9.17) is 0 Å². The third kappa shape index (κ3) is 3.05. The number of para-hydroxylation sites is 1. The first-order chi connectivity index (χ1) is 7.16. The first-order valence-corrected chi connectivity index (χ1v) is 5.18. The number of halogens is 1. The number of rotatable bonds is 4. The molecule has 15 heavy (non-hydrogen) atoms. The van der Waals surface area contributed by atoms with Crippen LogP contribution in [-0.4, -0.2) is 13.0 Å². The fraction of sp³-hybridized carbons (Fsp3) is 0.417. The van der Waals surface area contributed by atoms with Crippen molar-refractivity contribution in [3.8, 4) is 0 Å². The van der Waals surface area contributed by atoms with Crippen LogP contribution in [0.1, 0.15) is 26.2 Å². The van der Waals surface area contributed by atoms with Gasteiger partial charge in [-0.3, -0.25) is 4.79 Å². The minimum Gasteiger partial charge on any atom is -0.313 e. The number of unbranched alkanes of at least 4 members (excludes halogenated alkanes) is 1. The van der Waals surface area contributed by atoms with Gasteiger partial charge in [-0.15, -0.1) is 0 Å². The van der Waals surface area contributed by atoms with Gasteiger partial charge in [0.05, 0.1) is 5.69 Å². The largest absolute Gasteiger partial charge is 0.313 e. The molecule has 2 nitrogen and oxygen atoms in total. The molecule has 0 saturated carbocycles. The van der Waals surface area contributed by atoms with Gasteiger partial charge in [0.1, 0.15) is 5.82 Å². The summed E-state index contributed by atoms with van der Waals surface area (Å²) in [7, 11) is 1.61. The summed E-state index contributed by atoms with van der Waals surface area (Å²) in [6, 6.07) is 6.31. The van der Waals surface area contributed by atoms with Crippen molar-refractivity contribution in [1.29, 1.82) is 0 Å². The molecule has 0 saturated heterocycles. The van der Waals surface area contributed by atoms with Crippen LogP contribution >= 0.6 is 0 Å².